The molecule has 26 heavy (non-hydrogen) atoms. The van der Waals surface area contributed by atoms with Crippen molar-refractivity contribution in [3.63, 3.8) is 0 Å². The quantitative estimate of drug-likeness (QED) is 0.560. The summed E-state index contributed by atoms with van der Waals surface area (Å²) in [6, 6.07) is 17.1. The summed E-state index contributed by atoms with van der Waals surface area (Å²) in [6.07, 6.45) is 1.60. The largest absolute Gasteiger partial charge is 0.497 e. The van der Waals surface area contributed by atoms with Crippen LogP contribution in [-0.2, 0) is 6.61 Å². The zero-order valence-corrected chi connectivity index (χ0v) is 14.9. The molecule has 2 aromatic carbocycles. The molecule has 4 rings (SSSR count). The summed E-state index contributed by atoms with van der Waals surface area (Å²) in [4.78, 5) is 14.1. The van der Waals surface area contributed by atoms with Gasteiger partial charge in [-0.05, 0) is 48.0 Å². The lowest BCUT2D eigenvalue weighted by Gasteiger charge is -2.16. The van der Waals surface area contributed by atoms with Crippen LogP contribution in [0.4, 0.5) is 0 Å². The number of hydrogen-bond donors (Lipinski definition) is 1. The van der Waals surface area contributed by atoms with E-state index >= 15 is 0 Å². The number of amides is 1. The SMILES string of the molecule is COc1ccc(/C=N/NC(=O)c2cc3c(s2)-c2ccccc2OC3)cc1. The summed E-state index contributed by atoms with van der Waals surface area (Å²) in [7, 11) is 1.62. The molecule has 0 atom stereocenters. The van der Waals surface area contributed by atoms with Gasteiger partial charge in [0, 0.05) is 16.0 Å². The van der Waals surface area contributed by atoms with Gasteiger partial charge in [0.2, 0.25) is 0 Å². The molecule has 6 heteroatoms. The lowest BCUT2D eigenvalue weighted by Crippen LogP contribution is -2.16. The number of carbonyl (C=O) groups excluding carboxylic acids is 1. The molecular weight excluding hydrogens is 348 g/mol. The number of fused-ring (bicyclic) bond motifs is 3. The van der Waals surface area contributed by atoms with Crippen molar-refractivity contribution in [2.24, 2.45) is 5.10 Å². The Hall–Kier alpha value is -3.12. The summed E-state index contributed by atoms with van der Waals surface area (Å²) < 4.78 is 10.8. The zero-order valence-electron chi connectivity index (χ0n) is 14.1. The molecule has 3 aromatic rings. The van der Waals surface area contributed by atoms with Crippen LogP contribution in [0.25, 0.3) is 10.4 Å². The Kier molecular flexibility index (Phi) is 4.41. The summed E-state index contributed by atoms with van der Waals surface area (Å²) in [5, 5.41) is 4.03. The van der Waals surface area contributed by atoms with E-state index in [1.165, 1.54) is 11.3 Å². The van der Waals surface area contributed by atoms with Crippen LogP contribution in [0.15, 0.2) is 59.7 Å². The lowest BCUT2D eigenvalue weighted by atomic mass is 10.1. The second kappa shape index (κ2) is 7.01. The van der Waals surface area contributed by atoms with E-state index in [1.54, 1.807) is 13.3 Å². The molecule has 1 N–H and O–H groups in total. The van der Waals surface area contributed by atoms with Crippen LogP contribution < -0.4 is 14.9 Å². The zero-order chi connectivity index (χ0) is 17.9. The highest BCUT2D eigenvalue weighted by Crippen LogP contribution is 2.42. The van der Waals surface area contributed by atoms with E-state index in [9.17, 15) is 4.79 Å². The van der Waals surface area contributed by atoms with E-state index in [2.05, 4.69) is 10.5 Å². The third kappa shape index (κ3) is 3.19. The first-order valence-corrected chi connectivity index (χ1v) is 8.88. The first kappa shape index (κ1) is 16.4. The first-order chi connectivity index (χ1) is 12.7. The van der Waals surface area contributed by atoms with Gasteiger partial charge in [0.15, 0.2) is 0 Å². The minimum Gasteiger partial charge on any atom is -0.497 e. The van der Waals surface area contributed by atoms with E-state index in [0.717, 1.165) is 33.1 Å². The molecular formula is C20H16N2O3S. The van der Waals surface area contributed by atoms with Crippen molar-refractivity contribution >= 4 is 23.5 Å². The van der Waals surface area contributed by atoms with Crippen LogP contribution in [0.3, 0.4) is 0 Å². The number of para-hydroxylation sites is 1. The number of nitrogens with one attached hydrogen (secondary N) is 1. The van der Waals surface area contributed by atoms with E-state index in [4.69, 9.17) is 9.47 Å². The number of ether oxygens (including phenoxy) is 2. The third-order valence-electron chi connectivity index (χ3n) is 4.04. The molecule has 2 heterocycles. The van der Waals surface area contributed by atoms with E-state index in [1.807, 2.05) is 54.6 Å². The standard InChI is InChI=1S/C20H16N2O3S/c1-24-15-8-6-13(7-9-15)11-21-22-20(23)18-10-14-12-25-17-5-3-2-4-16(17)19(14)26-18/h2-11H,12H2,1H3,(H,22,23)/b21-11+. The van der Waals surface area contributed by atoms with Crippen molar-refractivity contribution in [1.82, 2.24) is 5.43 Å². The Morgan fingerprint density at radius 3 is 2.85 bits per heavy atom. The molecule has 1 aliphatic rings. The molecule has 1 amide bonds. The second-order valence-electron chi connectivity index (χ2n) is 5.72. The maximum absolute atomic E-state index is 12.4. The normalized spacial score (nSPS) is 12.2. The Balaban J connectivity index is 1.48. The van der Waals surface area contributed by atoms with Gasteiger partial charge >= 0.3 is 0 Å². The van der Waals surface area contributed by atoms with Gasteiger partial charge in [0.05, 0.1) is 18.2 Å². The minimum absolute atomic E-state index is 0.230. The average molecular weight is 364 g/mol. The molecule has 1 aromatic heterocycles. The molecule has 0 fully saturated rings. The Morgan fingerprint density at radius 2 is 2.04 bits per heavy atom. The fourth-order valence-electron chi connectivity index (χ4n) is 2.72. The van der Waals surface area contributed by atoms with Gasteiger partial charge in [0.1, 0.15) is 18.1 Å². The maximum Gasteiger partial charge on any atom is 0.281 e. The number of hydrogen-bond acceptors (Lipinski definition) is 5. The minimum atomic E-state index is -0.230. The Morgan fingerprint density at radius 1 is 1.23 bits per heavy atom. The summed E-state index contributed by atoms with van der Waals surface area (Å²) in [5.41, 5.74) is 5.51. The number of hydrazone groups is 1. The highest BCUT2D eigenvalue weighted by Gasteiger charge is 2.22. The van der Waals surface area contributed by atoms with Crippen LogP contribution >= 0.6 is 11.3 Å². The monoisotopic (exact) mass is 364 g/mol. The number of methoxy groups -OCH3 is 1. The summed E-state index contributed by atoms with van der Waals surface area (Å²) >= 11 is 1.45. The maximum atomic E-state index is 12.4. The van der Waals surface area contributed by atoms with Gasteiger partial charge in [-0.3, -0.25) is 4.79 Å². The van der Waals surface area contributed by atoms with Crippen molar-refractivity contribution in [3.8, 4) is 21.9 Å². The third-order valence-corrected chi connectivity index (χ3v) is 5.25. The second-order valence-corrected chi connectivity index (χ2v) is 6.77. The highest BCUT2D eigenvalue weighted by atomic mass is 32.1. The molecule has 0 saturated heterocycles. The number of benzene rings is 2. The molecule has 0 bridgehead atoms. The van der Waals surface area contributed by atoms with Crippen LogP contribution in [0.5, 0.6) is 11.5 Å². The summed E-state index contributed by atoms with van der Waals surface area (Å²) in [5.74, 6) is 1.40. The molecule has 0 spiro atoms. The molecule has 0 unspecified atom stereocenters. The van der Waals surface area contributed by atoms with Gasteiger partial charge in [-0.25, -0.2) is 5.43 Å². The lowest BCUT2D eigenvalue weighted by molar-refractivity contribution is 0.0959. The van der Waals surface area contributed by atoms with Gasteiger partial charge in [-0.1, -0.05) is 12.1 Å². The molecule has 0 radical (unpaired) electrons. The number of rotatable bonds is 4. The predicted octanol–water partition coefficient (Wildman–Crippen LogP) is 4.08. The number of nitrogens with zero attached hydrogens (tertiary/aromatic N) is 1. The van der Waals surface area contributed by atoms with Crippen molar-refractivity contribution in [2.45, 2.75) is 6.61 Å². The van der Waals surface area contributed by atoms with E-state index in [-0.39, 0.29) is 5.91 Å². The van der Waals surface area contributed by atoms with E-state index < -0.39 is 0 Å². The Labute approximate surface area is 154 Å². The number of carbonyl (C=O) groups is 1. The molecule has 130 valence electrons. The number of thiophene rings is 1. The molecule has 0 aliphatic carbocycles. The van der Waals surface area contributed by atoms with E-state index in [0.29, 0.717) is 11.5 Å². The van der Waals surface area contributed by atoms with Gasteiger partial charge in [-0.2, -0.15) is 5.10 Å². The van der Waals surface area contributed by atoms with Gasteiger partial charge in [-0.15, -0.1) is 11.3 Å². The fraction of sp³-hybridized carbons (Fsp3) is 0.100. The van der Waals surface area contributed by atoms with Crippen LogP contribution in [0.2, 0.25) is 0 Å². The predicted molar refractivity (Wildman–Crippen MR) is 102 cm³/mol. The van der Waals surface area contributed by atoms with Crippen LogP contribution in [0.1, 0.15) is 20.8 Å². The van der Waals surface area contributed by atoms with Crippen molar-refractivity contribution < 1.29 is 14.3 Å². The topological polar surface area (TPSA) is 59.9 Å². The first-order valence-electron chi connectivity index (χ1n) is 8.07. The van der Waals surface area contributed by atoms with Crippen molar-refractivity contribution in [2.75, 3.05) is 7.11 Å². The van der Waals surface area contributed by atoms with Gasteiger partial charge in [0.25, 0.3) is 5.91 Å². The Bertz CT molecular complexity index is 977. The average Bonchev–Trinajstić information content (AvgIpc) is 3.13. The van der Waals surface area contributed by atoms with Crippen molar-refractivity contribution in [1.29, 1.82) is 0 Å². The van der Waals surface area contributed by atoms with Crippen LogP contribution in [-0.4, -0.2) is 19.2 Å². The fourth-order valence-corrected chi connectivity index (χ4v) is 3.81. The molecule has 1 aliphatic heterocycles. The molecule has 5 nitrogen and oxygen atoms in total. The van der Waals surface area contributed by atoms with Gasteiger partial charge < -0.3 is 9.47 Å². The summed E-state index contributed by atoms with van der Waals surface area (Å²) in [6.45, 7) is 0.477. The van der Waals surface area contributed by atoms with Crippen molar-refractivity contribution in [3.05, 3.63) is 70.6 Å². The van der Waals surface area contributed by atoms with Crippen LogP contribution in [0, 0.1) is 0 Å². The molecule has 0 saturated carbocycles. The highest BCUT2D eigenvalue weighted by molar-refractivity contribution is 7.17. The smallest absolute Gasteiger partial charge is 0.281 e.